The Morgan fingerprint density at radius 2 is 2.00 bits per heavy atom. The SMILES string of the molecule is N.O=C(OCCO)c1ccccc1O. The van der Waals surface area contributed by atoms with E-state index in [0.717, 1.165) is 0 Å². The first-order valence-electron chi connectivity index (χ1n) is 3.81. The molecule has 1 aromatic rings. The minimum absolute atomic E-state index is 0. The summed E-state index contributed by atoms with van der Waals surface area (Å²) in [5, 5.41) is 17.6. The number of aromatic hydroxyl groups is 1. The maximum Gasteiger partial charge on any atom is 0.341 e. The first-order chi connectivity index (χ1) is 6.25. The summed E-state index contributed by atoms with van der Waals surface area (Å²) >= 11 is 0. The third-order valence-electron chi connectivity index (χ3n) is 1.45. The molecule has 0 heterocycles. The number of benzene rings is 1. The van der Waals surface area contributed by atoms with Gasteiger partial charge in [0.2, 0.25) is 0 Å². The largest absolute Gasteiger partial charge is 0.507 e. The van der Waals surface area contributed by atoms with Crippen LogP contribution in [0, 0.1) is 0 Å². The van der Waals surface area contributed by atoms with Gasteiger partial charge in [0.05, 0.1) is 6.61 Å². The second kappa shape index (κ2) is 5.95. The van der Waals surface area contributed by atoms with Gasteiger partial charge in [0.15, 0.2) is 0 Å². The van der Waals surface area contributed by atoms with Crippen molar-refractivity contribution in [3.63, 3.8) is 0 Å². The number of esters is 1. The number of carbonyl (C=O) groups excluding carboxylic acids is 1. The van der Waals surface area contributed by atoms with Crippen LogP contribution >= 0.6 is 0 Å². The number of ether oxygens (including phenoxy) is 1. The van der Waals surface area contributed by atoms with Gasteiger partial charge in [-0.2, -0.15) is 0 Å². The summed E-state index contributed by atoms with van der Waals surface area (Å²) in [6, 6.07) is 6.08. The quantitative estimate of drug-likeness (QED) is 0.622. The predicted molar refractivity (Wildman–Crippen MR) is 50.5 cm³/mol. The Kier molecular flexibility index (Phi) is 5.28. The molecule has 1 rings (SSSR count). The van der Waals surface area contributed by atoms with Crippen LogP contribution in [0.1, 0.15) is 10.4 Å². The molecule has 14 heavy (non-hydrogen) atoms. The summed E-state index contributed by atoms with van der Waals surface area (Å²) in [4.78, 5) is 11.1. The highest BCUT2D eigenvalue weighted by Gasteiger charge is 2.10. The Hall–Kier alpha value is -1.59. The normalized spacial score (nSPS) is 8.93. The Labute approximate surface area is 81.5 Å². The molecule has 78 valence electrons. The summed E-state index contributed by atoms with van der Waals surface area (Å²) < 4.78 is 4.61. The molecule has 0 saturated carbocycles. The van der Waals surface area contributed by atoms with E-state index in [4.69, 9.17) is 5.11 Å². The molecular weight excluding hydrogens is 186 g/mol. The molecule has 0 aliphatic carbocycles. The smallest absolute Gasteiger partial charge is 0.341 e. The van der Waals surface area contributed by atoms with Gasteiger partial charge in [0.25, 0.3) is 0 Å². The van der Waals surface area contributed by atoms with E-state index in [0.29, 0.717) is 0 Å². The summed E-state index contributed by atoms with van der Waals surface area (Å²) in [7, 11) is 0. The second-order valence-electron chi connectivity index (χ2n) is 2.38. The fourth-order valence-corrected chi connectivity index (χ4v) is 0.862. The fraction of sp³-hybridized carbons (Fsp3) is 0.222. The van der Waals surface area contributed by atoms with Gasteiger partial charge in [-0.05, 0) is 12.1 Å². The number of carbonyl (C=O) groups is 1. The van der Waals surface area contributed by atoms with E-state index in [9.17, 15) is 9.90 Å². The monoisotopic (exact) mass is 199 g/mol. The third kappa shape index (κ3) is 3.04. The molecule has 0 saturated heterocycles. The summed E-state index contributed by atoms with van der Waals surface area (Å²) in [6.45, 7) is -0.285. The minimum Gasteiger partial charge on any atom is -0.507 e. The van der Waals surface area contributed by atoms with Crippen molar-refractivity contribution in [2.24, 2.45) is 0 Å². The van der Waals surface area contributed by atoms with E-state index in [2.05, 4.69) is 4.74 Å². The van der Waals surface area contributed by atoms with Gasteiger partial charge in [-0.15, -0.1) is 0 Å². The Balaban J connectivity index is 0.00000169. The van der Waals surface area contributed by atoms with Crippen LogP contribution in [0.15, 0.2) is 24.3 Å². The molecule has 0 radical (unpaired) electrons. The van der Waals surface area contributed by atoms with Crippen molar-refractivity contribution in [1.82, 2.24) is 6.15 Å². The van der Waals surface area contributed by atoms with Gasteiger partial charge < -0.3 is 21.1 Å². The molecular formula is C9H13NO4. The zero-order chi connectivity index (χ0) is 9.68. The molecule has 0 spiro atoms. The highest BCUT2D eigenvalue weighted by Crippen LogP contribution is 2.16. The highest BCUT2D eigenvalue weighted by molar-refractivity contribution is 5.92. The van der Waals surface area contributed by atoms with Crippen molar-refractivity contribution in [3.05, 3.63) is 29.8 Å². The van der Waals surface area contributed by atoms with Crippen LogP contribution in [0.2, 0.25) is 0 Å². The van der Waals surface area contributed by atoms with E-state index in [-0.39, 0.29) is 30.7 Å². The lowest BCUT2D eigenvalue weighted by molar-refractivity contribution is 0.0430. The molecule has 0 aliphatic heterocycles. The lowest BCUT2D eigenvalue weighted by atomic mass is 10.2. The van der Waals surface area contributed by atoms with Crippen molar-refractivity contribution in [1.29, 1.82) is 0 Å². The number of hydrogen-bond donors (Lipinski definition) is 3. The Bertz CT molecular complexity index is 301. The molecule has 0 atom stereocenters. The van der Waals surface area contributed by atoms with E-state index >= 15 is 0 Å². The first kappa shape index (κ1) is 12.4. The van der Waals surface area contributed by atoms with Gasteiger partial charge in [-0.25, -0.2) is 4.79 Å². The molecule has 0 unspecified atom stereocenters. The number of rotatable bonds is 3. The molecule has 0 aromatic heterocycles. The lowest BCUT2D eigenvalue weighted by Crippen LogP contribution is -2.08. The number of aliphatic hydroxyl groups excluding tert-OH is 1. The van der Waals surface area contributed by atoms with Crippen LogP contribution in [0.4, 0.5) is 0 Å². The van der Waals surface area contributed by atoms with Crippen molar-refractivity contribution in [2.75, 3.05) is 13.2 Å². The van der Waals surface area contributed by atoms with Gasteiger partial charge in [0.1, 0.15) is 17.9 Å². The number of aliphatic hydroxyl groups is 1. The maximum atomic E-state index is 11.1. The van der Waals surface area contributed by atoms with E-state index < -0.39 is 5.97 Å². The molecule has 1 aromatic carbocycles. The first-order valence-corrected chi connectivity index (χ1v) is 3.81. The topological polar surface area (TPSA) is 102 Å². The summed E-state index contributed by atoms with van der Waals surface area (Å²) in [5.74, 6) is -0.752. The maximum absolute atomic E-state index is 11.1. The number of para-hydroxylation sites is 1. The average Bonchev–Trinajstić information content (AvgIpc) is 2.15. The summed E-state index contributed by atoms with van der Waals surface area (Å²) in [5.41, 5.74) is 0.107. The molecule has 5 N–H and O–H groups in total. The zero-order valence-electron chi connectivity index (χ0n) is 7.64. The Morgan fingerprint density at radius 3 is 2.57 bits per heavy atom. The second-order valence-corrected chi connectivity index (χ2v) is 2.38. The van der Waals surface area contributed by atoms with Crippen LogP contribution in [0.3, 0.4) is 0 Å². The van der Waals surface area contributed by atoms with Gasteiger partial charge in [0, 0.05) is 0 Å². The van der Waals surface area contributed by atoms with Crippen molar-refractivity contribution >= 4 is 5.97 Å². The van der Waals surface area contributed by atoms with E-state index in [1.54, 1.807) is 12.1 Å². The number of phenolic OH excluding ortho intramolecular Hbond substituents is 1. The zero-order valence-corrected chi connectivity index (χ0v) is 7.64. The van der Waals surface area contributed by atoms with Crippen LogP contribution in [-0.2, 0) is 4.74 Å². The highest BCUT2D eigenvalue weighted by atomic mass is 16.5. The molecule has 5 nitrogen and oxygen atoms in total. The van der Waals surface area contributed by atoms with E-state index in [1.165, 1.54) is 12.1 Å². The molecule has 0 amide bonds. The van der Waals surface area contributed by atoms with E-state index in [1.807, 2.05) is 0 Å². The molecule has 0 bridgehead atoms. The molecule has 0 aliphatic rings. The van der Waals surface area contributed by atoms with Gasteiger partial charge in [-0.3, -0.25) is 0 Å². The molecule has 0 fully saturated rings. The Morgan fingerprint density at radius 1 is 1.36 bits per heavy atom. The van der Waals surface area contributed by atoms with Crippen LogP contribution in [0.5, 0.6) is 5.75 Å². The van der Waals surface area contributed by atoms with Gasteiger partial charge in [-0.1, -0.05) is 12.1 Å². The van der Waals surface area contributed by atoms with Crippen molar-refractivity contribution in [2.45, 2.75) is 0 Å². The van der Waals surface area contributed by atoms with Crippen molar-refractivity contribution in [3.8, 4) is 5.75 Å². The van der Waals surface area contributed by atoms with Crippen LogP contribution in [-0.4, -0.2) is 29.4 Å². The number of hydrogen-bond acceptors (Lipinski definition) is 5. The van der Waals surface area contributed by atoms with Crippen LogP contribution < -0.4 is 6.15 Å². The number of phenols is 1. The standard InChI is InChI=1S/C9H10O4.H3N/c10-5-6-13-9(12)7-3-1-2-4-8(7)11;/h1-4,10-11H,5-6H2;1H3. The predicted octanol–water partition coefficient (Wildman–Crippen LogP) is 0.703. The third-order valence-corrected chi connectivity index (χ3v) is 1.45. The van der Waals surface area contributed by atoms with Crippen LogP contribution in [0.25, 0.3) is 0 Å². The summed E-state index contributed by atoms with van der Waals surface area (Å²) in [6.07, 6.45) is 0. The average molecular weight is 199 g/mol. The van der Waals surface area contributed by atoms with Gasteiger partial charge >= 0.3 is 5.97 Å². The fourth-order valence-electron chi connectivity index (χ4n) is 0.862. The minimum atomic E-state index is -0.632. The van der Waals surface area contributed by atoms with Crippen molar-refractivity contribution < 1.29 is 19.7 Å². The molecule has 5 heteroatoms. The lowest BCUT2D eigenvalue weighted by Gasteiger charge is -2.03.